The Labute approximate surface area is 112 Å². The summed E-state index contributed by atoms with van der Waals surface area (Å²) >= 11 is 3.50. The van der Waals surface area contributed by atoms with Crippen LogP contribution in [0, 0.1) is 0 Å². The molecule has 1 aliphatic rings. The van der Waals surface area contributed by atoms with Crippen LogP contribution in [0.5, 0.6) is 0 Å². The third kappa shape index (κ3) is 4.09. The molecule has 0 aromatic heterocycles. The summed E-state index contributed by atoms with van der Waals surface area (Å²) in [5.41, 5.74) is 1.33. The maximum atomic E-state index is 5.61. The molecule has 1 saturated heterocycles. The number of halogens is 1. The average Bonchev–Trinajstić information content (AvgIpc) is 2.82. The molecule has 2 rings (SSSR count). The summed E-state index contributed by atoms with van der Waals surface area (Å²) in [6.45, 7) is 4.18. The van der Waals surface area contributed by atoms with Crippen LogP contribution in [-0.2, 0) is 4.74 Å². The maximum Gasteiger partial charge on any atom is 0.0588 e. The van der Waals surface area contributed by atoms with Crippen LogP contribution in [0.2, 0.25) is 0 Å². The fourth-order valence-corrected chi connectivity index (χ4v) is 2.64. The van der Waals surface area contributed by atoms with Crippen molar-refractivity contribution in [3.8, 4) is 0 Å². The monoisotopic (exact) mass is 297 g/mol. The number of rotatable bonds is 5. The van der Waals surface area contributed by atoms with E-state index in [4.69, 9.17) is 4.74 Å². The Morgan fingerprint density at radius 2 is 2.41 bits per heavy atom. The average molecular weight is 298 g/mol. The minimum absolute atomic E-state index is 0.397. The van der Waals surface area contributed by atoms with Gasteiger partial charge in [0.1, 0.15) is 0 Å². The number of hydrogen-bond donors (Lipinski definition) is 1. The molecular weight excluding hydrogens is 278 g/mol. The van der Waals surface area contributed by atoms with E-state index in [2.05, 4.69) is 52.4 Å². The van der Waals surface area contributed by atoms with Crippen molar-refractivity contribution in [2.75, 3.05) is 13.2 Å². The van der Waals surface area contributed by atoms with Gasteiger partial charge in [-0.15, -0.1) is 0 Å². The van der Waals surface area contributed by atoms with E-state index in [1.54, 1.807) is 0 Å². The highest BCUT2D eigenvalue weighted by molar-refractivity contribution is 9.10. The van der Waals surface area contributed by atoms with Crippen LogP contribution in [0.4, 0.5) is 0 Å². The molecule has 0 aliphatic carbocycles. The van der Waals surface area contributed by atoms with Crippen molar-refractivity contribution in [3.63, 3.8) is 0 Å². The topological polar surface area (TPSA) is 21.3 Å². The van der Waals surface area contributed by atoms with Crippen molar-refractivity contribution in [1.29, 1.82) is 0 Å². The maximum absolute atomic E-state index is 5.61. The zero-order valence-corrected chi connectivity index (χ0v) is 11.9. The zero-order chi connectivity index (χ0) is 12.1. The Balaban J connectivity index is 1.74. The SMILES string of the molecule is CC(NCCC1CCCO1)c1cccc(Br)c1. The van der Waals surface area contributed by atoms with Gasteiger partial charge in [-0.05, 0) is 50.4 Å². The summed E-state index contributed by atoms with van der Waals surface area (Å²) in [6, 6.07) is 8.87. The Morgan fingerprint density at radius 1 is 1.53 bits per heavy atom. The molecule has 1 aromatic carbocycles. The molecule has 0 bridgehead atoms. The molecule has 3 heteroatoms. The van der Waals surface area contributed by atoms with Gasteiger partial charge in [-0.2, -0.15) is 0 Å². The number of ether oxygens (including phenoxy) is 1. The first-order valence-corrected chi connectivity index (χ1v) is 7.15. The summed E-state index contributed by atoms with van der Waals surface area (Å²) in [6.07, 6.45) is 4.06. The fourth-order valence-electron chi connectivity index (χ4n) is 2.23. The third-order valence-corrected chi connectivity index (χ3v) is 3.78. The molecule has 17 heavy (non-hydrogen) atoms. The van der Waals surface area contributed by atoms with Crippen LogP contribution in [0.3, 0.4) is 0 Å². The van der Waals surface area contributed by atoms with E-state index in [0.717, 1.165) is 24.0 Å². The summed E-state index contributed by atoms with van der Waals surface area (Å²) < 4.78 is 6.75. The lowest BCUT2D eigenvalue weighted by Crippen LogP contribution is -2.23. The van der Waals surface area contributed by atoms with Gasteiger partial charge in [0.05, 0.1) is 6.10 Å². The predicted octanol–water partition coefficient (Wildman–Crippen LogP) is 3.67. The predicted molar refractivity (Wildman–Crippen MR) is 74.2 cm³/mol. The largest absolute Gasteiger partial charge is 0.378 e. The quantitative estimate of drug-likeness (QED) is 0.895. The van der Waals surface area contributed by atoms with E-state index >= 15 is 0 Å². The highest BCUT2D eigenvalue weighted by Gasteiger charge is 2.15. The van der Waals surface area contributed by atoms with Gasteiger partial charge < -0.3 is 10.1 Å². The van der Waals surface area contributed by atoms with Gasteiger partial charge >= 0.3 is 0 Å². The van der Waals surface area contributed by atoms with E-state index < -0.39 is 0 Å². The van der Waals surface area contributed by atoms with Crippen LogP contribution < -0.4 is 5.32 Å². The molecule has 2 atom stereocenters. The Morgan fingerprint density at radius 3 is 3.12 bits per heavy atom. The van der Waals surface area contributed by atoms with E-state index in [9.17, 15) is 0 Å². The first-order valence-electron chi connectivity index (χ1n) is 6.36. The Bertz CT molecular complexity index is 350. The molecule has 0 radical (unpaired) electrons. The first kappa shape index (κ1) is 13.1. The molecule has 1 aromatic rings. The molecular formula is C14H20BrNO. The molecule has 1 aliphatic heterocycles. The first-order chi connectivity index (χ1) is 8.25. The molecule has 1 heterocycles. The molecule has 0 saturated carbocycles. The second-order valence-electron chi connectivity index (χ2n) is 4.65. The smallest absolute Gasteiger partial charge is 0.0588 e. The highest BCUT2D eigenvalue weighted by Crippen LogP contribution is 2.19. The molecule has 1 N–H and O–H groups in total. The zero-order valence-electron chi connectivity index (χ0n) is 10.3. The van der Waals surface area contributed by atoms with Crippen molar-refractivity contribution >= 4 is 15.9 Å². The van der Waals surface area contributed by atoms with Crippen LogP contribution >= 0.6 is 15.9 Å². The van der Waals surface area contributed by atoms with E-state index in [1.807, 2.05) is 0 Å². The van der Waals surface area contributed by atoms with Crippen molar-refractivity contribution < 1.29 is 4.74 Å². The van der Waals surface area contributed by atoms with Crippen LogP contribution in [-0.4, -0.2) is 19.3 Å². The van der Waals surface area contributed by atoms with Gasteiger partial charge in [0.15, 0.2) is 0 Å². The van der Waals surface area contributed by atoms with Gasteiger partial charge in [0.2, 0.25) is 0 Å². The van der Waals surface area contributed by atoms with E-state index in [0.29, 0.717) is 12.1 Å². The van der Waals surface area contributed by atoms with Crippen molar-refractivity contribution in [3.05, 3.63) is 34.3 Å². The van der Waals surface area contributed by atoms with Gasteiger partial charge in [-0.1, -0.05) is 28.1 Å². The molecule has 0 amide bonds. The molecule has 0 spiro atoms. The minimum atomic E-state index is 0.397. The lowest BCUT2D eigenvalue weighted by molar-refractivity contribution is 0.103. The van der Waals surface area contributed by atoms with Gasteiger partial charge in [0.25, 0.3) is 0 Å². The van der Waals surface area contributed by atoms with Crippen LogP contribution in [0.15, 0.2) is 28.7 Å². The molecule has 2 unspecified atom stereocenters. The summed E-state index contributed by atoms with van der Waals surface area (Å²) in [5, 5.41) is 3.55. The number of benzene rings is 1. The van der Waals surface area contributed by atoms with Crippen LogP contribution in [0.25, 0.3) is 0 Å². The van der Waals surface area contributed by atoms with Gasteiger partial charge in [-0.3, -0.25) is 0 Å². The Kier molecular flexibility index (Phi) is 5.01. The minimum Gasteiger partial charge on any atom is -0.378 e. The second kappa shape index (κ2) is 6.53. The lowest BCUT2D eigenvalue weighted by Gasteiger charge is -2.16. The molecule has 2 nitrogen and oxygen atoms in total. The number of nitrogens with one attached hydrogen (secondary N) is 1. The second-order valence-corrected chi connectivity index (χ2v) is 5.57. The molecule has 1 fully saturated rings. The lowest BCUT2D eigenvalue weighted by atomic mass is 10.1. The van der Waals surface area contributed by atoms with Crippen molar-refractivity contribution in [2.45, 2.75) is 38.3 Å². The standard InChI is InChI=1S/C14H20BrNO/c1-11(12-4-2-5-13(15)10-12)16-8-7-14-6-3-9-17-14/h2,4-5,10-11,14,16H,3,6-9H2,1H3. The fraction of sp³-hybridized carbons (Fsp3) is 0.571. The Hall–Kier alpha value is -0.380. The molecule has 94 valence electrons. The summed E-state index contributed by atoms with van der Waals surface area (Å²) in [7, 11) is 0. The summed E-state index contributed by atoms with van der Waals surface area (Å²) in [4.78, 5) is 0. The van der Waals surface area contributed by atoms with Crippen molar-refractivity contribution in [1.82, 2.24) is 5.32 Å². The van der Waals surface area contributed by atoms with Gasteiger partial charge in [-0.25, -0.2) is 0 Å². The summed E-state index contributed by atoms with van der Waals surface area (Å²) in [5.74, 6) is 0. The van der Waals surface area contributed by atoms with Crippen molar-refractivity contribution in [2.24, 2.45) is 0 Å². The van der Waals surface area contributed by atoms with E-state index in [1.165, 1.54) is 18.4 Å². The van der Waals surface area contributed by atoms with Crippen LogP contribution in [0.1, 0.15) is 37.8 Å². The highest BCUT2D eigenvalue weighted by atomic mass is 79.9. The normalized spacial score (nSPS) is 21.6. The number of hydrogen-bond acceptors (Lipinski definition) is 2. The van der Waals surface area contributed by atoms with Gasteiger partial charge in [0, 0.05) is 17.1 Å². The van der Waals surface area contributed by atoms with E-state index in [-0.39, 0.29) is 0 Å². The third-order valence-electron chi connectivity index (χ3n) is 3.29.